The predicted molar refractivity (Wildman–Crippen MR) is 82.0 cm³/mol. The van der Waals surface area contributed by atoms with E-state index in [1.165, 1.54) is 11.1 Å². The number of aromatic nitrogens is 2. The Balaban J connectivity index is 2.51. The second-order valence-electron chi connectivity index (χ2n) is 4.95. The van der Waals surface area contributed by atoms with Crippen molar-refractivity contribution in [3.63, 3.8) is 0 Å². The molecule has 0 aliphatic heterocycles. The summed E-state index contributed by atoms with van der Waals surface area (Å²) >= 11 is 3.57. The first-order valence-electron chi connectivity index (χ1n) is 6.26. The summed E-state index contributed by atoms with van der Waals surface area (Å²) in [6.45, 7) is 8.06. The maximum Gasteiger partial charge on any atom is 0.159 e. The molecule has 4 heteroatoms. The molecule has 0 bridgehead atoms. The minimum absolute atomic E-state index is 0.0394. The zero-order valence-corrected chi connectivity index (χ0v) is 13.2. The van der Waals surface area contributed by atoms with Gasteiger partial charge in [0.2, 0.25) is 0 Å². The summed E-state index contributed by atoms with van der Waals surface area (Å²) in [5.41, 5.74) is 11.2. The van der Waals surface area contributed by atoms with Gasteiger partial charge in [0.15, 0.2) is 5.82 Å². The molecule has 1 atom stereocenters. The number of hydrogen-bond acceptors (Lipinski definition) is 3. The van der Waals surface area contributed by atoms with Crippen LogP contribution in [0.1, 0.15) is 35.3 Å². The molecule has 1 aromatic carbocycles. The van der Waals surface area contributed by atoms with Crippen LogP contribution in [-0.2, 0) is 0 Å². The van der Waals surface area contributed by atoms with Crippen LogP contribution in [0.5, 0.6) is 0 Å². The topological polar surface area (TPSA) is 51.8 Å². The quantitative estimate of drug-likeness (QED) is 0.914. The molecule has 0 saturated carbocycles. The summed E-state index contributed by atoms with van der Waals surface area (Å²) < 4.78 is 1.14. The predicted octanol–water partition coefficient (Wildman–Crippen LogP) is 3.85. The molecular weight excluding hydrogens is 302 g/mol. The maximum absolute atomic E-state index is 5.89. The minimum Gasteiger partial charge on any atom is -0.324 e. The van der Waals surface area contributed by atoms with E-state index in [2.05, 4.69) is 51.9 Å². The van der Waals surface area contributed by atoms with Crippen LogP contribution >= 0.6 is 15.9 Å². The summed E-state index contributed by atoms with van der Waals surface area (Å²) in [4.78, 5) is 9.01. The molecule has 0 amide bonds. The fourth-order valence-electron chi connectivity index (χ4n) is 2.14. The molecule has 0 radical (unpaired) electrons. The van der Waals surface area contributed by atoms with Crippen molar-refractivity contribution in [2.75, 3.05) is 0 Å². The zero-order chi connectivity index (χ0) is 14.2. The zero-order valence-electron chi connectivity index (χ0n) is 11.7. The average molecular weight is 320 g/mol. The molecule has 2 aromatic rings. The van der Waals surface area contributed by atoms with Crippen molar-refractivity contribution in [2.45, 2.75) is 33.7 Å². The van der Waals surface area contributed by atoms with Gasteiger partial charge in [-0.1, -0.05) is 15.9 Å². The van der Waals surface area contributed by atoms with E-state index < -0.39 is 0 Å². The van der Waals surface area contributed by atoms with E-state index in [1.54, 1.807) is 0 Å². The standard InChI is InChI=1S/C15H18BrN3/c1-8-5-12(6-9(2)14(8)16)15-18-7-13(10(3)17)11(4)19-15/h5-7,10H,17H2,1-4H3/t10-/m0/s1. The Bertz CT molecular complexity index is 598. The first-order valence-corrected chi connectivity index (χ1v) is 7.05. The molecule has 0 aliphatic carbocycles. The van der Waals surface area contributed by atoms with E-state index in [-0.39, 0.29) is 6.04 Å². The number of rotatable bonds is 2. The molecule has 0 aliphatic rings. The highest BCUT2D eigenvalue weighted by Gasteiger charge is 2.10. The molecule has 3 nitrogen and oxygen atoms in total. The van der Waals surface area contributed by atoms with E-state index in [9.17, 15) is 0 Å². The molecule has 2 rings (SSSR count). The number of nitrogens with two attached hydrogens (primary N) is 1. The van der Waals surface area contributed by atoms with Gasteiger partial charge in [-0.25, -0.2) is 9.97 Å². The first-order chi connectivity index (χ1) is 8.90. The molecule has 100 valence electrons. The lowest BCUT2D eigenvalue weighted by Gasteiger charge is -2.11. The lowest BCUT2D eigenvalue weighted by atomic mass is 10.1. The number of benzene rings is 1. The van der Waals surface area contributed by atoms with Crippen LogP contribution in [0.25, 0.3) is 11.4 Å². The van der Waals surface area contributed by atoms with Gasteiger partial charge in [-0.3, -0.25) is 0 Å². The van der Waals surface area contributed by atoms with Gasteiger partial charge in [0.05, 0.1) is 0 Å². The summed E-state index contributed by atoms with van der Waals surface area (Å²) in [5.74, 6) is 0.751. The van der Waals surface area contributed by atoms with Gasteiger partial charge < -0.3 is 5.73 Å². The fourth-order valence-corrected chi connectivity index (χ4v) is 2.37. The van der Waals surface area contributed by atoms with Gasteiger partial charge >= 0.3 is 0 Å². The molecule has 19 heavy (non-hydrogen) atoms. The monoisotopic (exact) mass is 319 g/mol. The Hall–Kier alpha value is -1.26. The van der Waals surface area contributed by atoms with Crippen LogP contribution in [0.3, 0.4) is 0 Å². The van der Waals surface area contributed by atoms with E-state index in [0.717, 1.165) is 27.1 Å². The number of nitrogens with zero attached hydrogens (tertiary/aromatic N) is 2. The summed E-state index contributed by atoms with van der Waals surface area (Å²) in [6.07, 6.45) is 1.83. The molecule has 0 saturated heterocycles. The highest BCUT2D eigenvalue weighted by molar-refractivity contribution is 9.10. The molecule has 1 aromatic heterocycles. The van der Waals surface area contributed by atoms with Gasteiger partial charge in [0.1, 0.15) is 0 Å². The molecular formula is C15H18BrN3. The van der Waals surface area contributed by atoms with Crippen molar-refractivity contribution in [1.82, 2.24) is 9.97 Å². The van der Waals surface area contributed by atoms with Crippen molar-refractivity contribution in [2.24, 2.45) is 5.73 Å². The van der Waals surface area contributed by atoms with E-state index in [4.69, 9.17) is 5.73 Å². The molecule has 0 fully saturated rings. The minimum atomic E-state index is -0.0394. The van der Waals surface area contributed by atoms with Gasteiger partial charge in [-0.05, 0) is 51.0 Å². The third-order valence-corrected chi connectivity index (χ3v) is 4.45. The van der Waals surface area contributed by atoms with E-state index in [0.29, 0.717) is 0 Å². The van der Waals surface area contributed by atoms with Gasteiger partial charge in [0, 0.05) is 33.5 Å². The number of halogens is 1. The summed E-state index contributed by atoms with van der Waals surface area (Å²) in [6, 6.07) is 4.15. The van der Waals surface area contributed by atoms with Crippen molar-refractivity contribution in [1.29, 1.82) is 0 Å². The van der Waals surface area contributed by atoms with Crippen molar-refractivity contribution < 1.29 is 0 Å². The number of hydrogen-bond donors (Lipinski definition) is 1. The van der Waals surface area contributed by atoms with Crippen LogP contribution in [0.15, 0.2) is 22.8 Å². The first kappa shape index (κ1) is 14.2. The van der Waals surface area contributed by atoms with Gasteiger partial charge in [-0.2, -0.15) is 0 Å². The molecule has 2 N–H and O–H groups in total. The normalized spacial score (nSPS) is 12.5. The molecule has 0 spiro atoms. The van der Waals surface area contributed by atoms with Crippen LogP contribution in [0, 0.1) is 20.8 Å². The average Bonchev–Trinajstić information content (AvgIpc) is 2.34. The Morgan fingerprint density at radius 1 is 1.16 bits per heavy atom. The van der Waals surface area contributed by atoms with Crippen LogP contribution in [0.2, 0.25) is 0 Å². The maximum atomic E-state index is 5.89. The second-order valence-corrected chi connectivity index (χ2v) is 5.74. The third kappa shape index (κ3) is 2.85. The van der Waals surface area contributed by atoms with Gasteiger partial charge in [0.25, 0.3) is 0 Å². The fraction of sp³-hybridized carbons (Fsp3) is 0.333. The Kier molecular flexibility index (Phi) is 4.02. The lowest BCUT2D eigenvalue weighted by molar-refractivity contribution is 0.790. The van der Waals surface area contributed by atoms with Crippen LogP contribution in [-0.4, -0.2) is 9.97 Å². The summed E-state index contributed by atoms with van der Waals surface area (Å²) in [7, 11) is 0. The molecule has 0 unspecified atom stereocenters. The lowest BCUT2D eigenvalue weighted by Crippen LogP contribution is -2.09. The Morgan fingerprint density at radius 3 is 2.21 bits per heavy atom. The second kappa shape index (κ2) is 5.39. The Morgan fingerprint density at radius 2 is 1.74 bits per heavy atom. The smallest absolute Gasteiger partial charge is 0.159 e. The highest BCUT2D eigenvalue weighted by atomic mass is 79.9. The van der Waals surface area contributed by atoms with E-state index >= 15 is 0 Å². The van der Waals surface area contributed by atoms with Crippen molar-refractivity contribution >= 4 is 15.9 Å². The van der Waals surface area contributed by atoms with E-state index in [1.807, 2.05) is 20.0 Å². The SMILES string of the molecule is Cc1cc(-c2ncc([C@H](C)N)c(C)n2)cc(C)c1Br. The van der Waals surface area contributed by atoms with Crippen LogP contribution in [0.4, 0.5) is 0 Å². The van der Waals surface area contributed by atoms with Crippen molar-refractivity contribution in [3.05, 3.63) is 45.2 Å². The van der Waals surface area contributed by atoms with Crippen molar-refractivity contribution in [3.8, 4) is 11.4 Å². The summed E-state index contributed by atoms with van der Waals surface area (Å²) in [5, 5.41) is 0. The highest BCUT2D eigenvalue weighted by Crippen LogP contribution is 2.27. The van der Waals surface area contributed by atoms with Gasteiger partial charge in [-0.15, -0.1) is 0 Å². The molecule has 1 heterocycles. The third-order valence-electron chi connectivity index (χ3n) is 3.20. The largest absolute Gasteiger partial charge is 0.324 e. The van der Waals surface area contributed by atoms with Crippen LogP contribution < -0.4 is 5.73 Å². The number of aryl methyl sites for hydroxylation is 3. The Labute approximate surface area is 122 Å².